The number of hydrogen-bond donors (Lipinski definition) is 1. The fourth-order valence-corrected chi connectivity index (χ4v) is 1.95. The highest BCUT2D eigenvalue weighted by Crippen LogP contribution is 2.09. The van der Waals surface area contributed by atoms with Crippen molar-refractivity contribution in [2.75, 3.05) is 13.1 Å². The van der Waals surface area contributed by atoms with E-state index in [1.54, 1.807) is 0 Å². The number of nitrogens with zero attached hydrogens (tertiary/aromatic N) is 1. The van der Waals surface area contributed by atoms with Crippen molar-refractivity contribution < 1.29 is 7.85 Å². The van der Waals surface area contributed by atoms with Gasteiger partial charge in [-0.25, -0.2) is 0 Å². The summed E-state index contributed by atoms with van der Waals surface area (Å²) < 4.78 is 14.7. The molecule has 0 aromatic heterocycles. The Hall–Kier alpha value is -1.64. The Labute approximate surface area is 111 Å². The van der Waals surface area contributed by atoms with E-state index in [4.69, 9.17) is 2.74 Å². The molecule has 0 saturated carbocycles. The predicted octanol–water partition coefficient (Wildman–Crippen LogP) is 2.68. The Morgan fingerprint density at radius 2 is 1.28 bits per heavy atom. The van der Waals surface area contributed by atoms with Crippen LogP contribution in [0.2, 0.25) is 0 Å². The number of rotatable bonds is 6. The lowest BCUT2D eigenvalue weighted by Crippen LogP contribution is -2.26. The van der Waals surface area contributed by atoms with E-state index in [9.17, 15) is 5.11 Å². The van der Waals surface area contributed by atoms with Crippen LogP contribution in [0.15, 0.2) is 60.7 Å². The summed E-state index contributed by atoms with van der Waals surface area (Å²) in [5.41, 5.74) is 2.21. The van der Waals surface area contributed by atoms with Crippen LogP contribution in [-0.2, 0) is 13.1 Å². The van der Waals surface area contributed by atoms with E-state index in [-0.39, 0.29) is 6.54 Å². The van der Waals surface area contributed by atoms with Crippen LogP contribution in [0.25, 0.3) is 0 Å². The van der Waals surface area contributed by atoms with E-state index < -0.39 is 6.56 Å². The van der Waals surface area contributed by atoms with Crippen molar-refractivity contribution >= 4 is 0 Å². The summed E-state index contributed by atoms with van der Waals surface area (Å²) >= 11 is 0. The molecule has 0 spiro atoms. The summed E-state index contributed by atoms with van der Waals surface area (Å²) in [5, 5.41) is 9.44. The molecular weight excluding hydrogens is 222 g/mol. The van der Waals surface area contributed by atoms with Gasteiger partial charge in [0.1, 0.15) is 0 Å². The molecule has 2 heteroatoms. The van der Waals surface area contributed by atoms with Crippen molar-refractivity contribution in [1.29, 1.82) is 0 Å². The lowest BCUT2D eigenvalue weighted by molar-refractivity contribution is 0.184. The molecule has 0 fully saturated rings. The zero-order chi connectivity index (χ0) is 14.4. The van der Waals surface area contributed by atoms with Gasteiger partial charge in [-0.05, 0) is 11.1 Å². The van der Waals surface area contributed by atoms with Crippen LogP contribution in [0.5, 0.6) is 0 Å². The molecule has 0 radical (unpaired) electrons. The van der Waals surface area contributed by atoms with Gasteiger partial charge < -0.3 is 5.11 Å². The summed E-state index contributed by atoms with van der Waals surface area (Å²) in [5.74, 6) is 0. The van der Waals surface area contributed by atoms with Gasteiger partial charge in [0.2, 0.25) is 0 Å². The molecule has 1 N–H and O–H groups in total. The summed E-state index contributed by atoms with van der Waals surface area (Å²) in [7, 11) is 0. The van der Waals surface area contributed by atoms with Gasteiger partial charge in [-0.1, -0.05) is 60.7 Å². The molecule has 0 atom stereocenters. The zero-order valence-corrected chi connectivity index (χ0v) is 10.3. The third kappa shape index (κ3) is 3.99. The number of benzene rings is 2. The third-order valence-electron chi connectivity index (χ3n) is 2.79. The predicted molar refractivity (Wildman–Crippen MR) is 74.1 cm³/mol. The van der Waals surface area contributed by atoms with E-state index in [0.717, 1.165) is 11.1 Å². The van der Waals surface area contributed by atoms with Gasteiger partial charge in [-0.3, -0.25) is 4.90 Å². The molecule has 0 aliphatic rings. The van der Waals surface area contributed by atoms with Crippen LogP contribution in [0.3, 0.4) is 0 Å². The zero-order valence-electron chi connectivity index (χ0n) is 12.3. The van der Waals surface area contributed by atoms with E-state index in [1.165, 1.54) is 0 Å². The molecule has 0 aliphatic carbocycles. The van der Waals surface area contributed by atoms with Crippen molar-refractivity contribution in [3.63, 3.8) is 0 Å². The molecule has 2 rings (SSSR count). The Morgan fingerprint density at radius 1 is 0.833 bits per heavy atom. The number of aliphatic hydroxyl groups is 1. The molecule has 0 unspecified atom stereocenters. The summed E-state index contributed by atoms with van der Waals surface area (Å²) in [6.45, 7) is -0.994. The molecule has 94 valence electrons. The van der Waals surface area contributed by atoms with Crippen molar-refractivity contribution in [3.05, 3.63) is 71.8 Å². The van der Waals surface area contributed by atoms with Gasteiger partial charge in [0.05, 0.1) is 9.30 Å². The maximum atomic E-state index is 9.44. The van der Waals surface area contributed by atoms with Gasteiger partial charge in [-0.15, -0.1) is 0 Å². The molecule has 2 aromatic rings. The number of hydrogen-bond acceptors (Lipinski definition) is 2. The topological polar surface area (TPSA) is 23.5 Å². The molecule has 2 aromatic carbocycles. The lowest BCUT2D eigenvalue weighted by Gasteiger charge is -2.21. The molecule has 0 aliphatic heterocycles. The summed E-state index contributed by atoms with van der Waals surface area (Å²) in [4.78, 5) is 1.91. The first-order valence-electron chi connectivity index (χ1n) is 7.05. The highest BCUT2D eigenvalue weighted by atomic mass is 16.3. The standard InChI is InChI=1S/C16H19NO/c18-12-11-17(13-15-7-3-1-4-8-15)14-16-9-5-2-6-10-16/h1-10,18H,11-14H2/i12D2. The average molecular weight is 243 g/mol. The smallest absolute Gasteiger partial charge is 0.0577 e. The minimum Gasteiger partial charge on any atom is -0.395 e. The van der Waals surface area contributed by atoms with Crippen molar-refractivity contribution in [1.82, 2.24) is 4.90 Å². The molecule has 0 bridgehead atoms. The minimum absolute atomic E-state index is 0.0171. The first-order valence-corrected chi connectivity index (χ1v) is 6.05. The fourth-order valence-electron chi connectivity index (χ4n) is 1.95. The normalized spacial score (nSPS) is 13.2. The SMILES string of the molecule is [2H]C([2H])(O)CN(Cc1ccccc1)Cc1ccccc1. The second kappa shape index (κ2) is 6.94. The Balaban J connectivity index is 2.08. The molecule has 0 heterocycles. The van der Waals surface area contributed by atoms with Gasteiger partial charge in [-0.2, -0.15) is 0 Å². The van der Waals surface area contributed by atoms with Crippen LogP contribution in [0, 0.1) is 0 Å². The van der Waals surface area contributed by atoms with Gasteiger partial charge in [0.15, 0.2) is 0 Å². The maximum Gasteiger partial charge on any atom is 0.0577 e. The highest BCUT2D eigenvalue weighted by Gasteiger charge is 2.05. The van der Waals surface area contributed by atoms with Gasteiger partial charge >= 0.3 is 0 Å². The largest absolute Gasteiger partial charge is 0.395 e. The fraction of sp³-hybridized carbons (Fsp3) is 0.250. The van der Waals surface area contributed by atoms with E-state index >= 15 is 0 Å². The average Bonchev–Trinajstić information content (AvgIpc) is 2.39. The van der Waals surface area contributed by atoms with E-state index in [2.05, 4.69) is 0 Å². The Bertz CT molecular complexity index is 470. The van der Waals surface area contributed by atoms with Crippen LogP contribution >= 0.6 is 0 Å². The molecule has 0 saturated heterocycles. The van der Waals surface area contributed by atoms with Gasteiger partial charge in [0, 0.05) is 19.6 Å². The molecular formula is C16H19NO. The summed E-state index contributed by atoms with van der Waals surface area (Å²) in [6.07, 6.45) is 0. The molecule has 0 amide bonds. The van der Waals surface area contributed by atoms with E-state index in [1.807, 2.05) is 65.6 Å². The quantitative estimate of drug-likeness (QED) is 0.843. The van der Waals surface area contributed by atoms with Crippen LogP contribution < -0.4 is 0 Å². The van der Waals surface area contributed by atoms with Crippen LogP contribution in [0.1, 0.15) is 13.9 Å². The Kier molecular flexibility index (Phi) is 3.97. The van der Waals surface area contributed by atoms with Gasteiger partial charge in [0.25, 0.3) is 0 Å². The summed E-state index contributed by atoms with van der Waals surface area (Å²) in [6, 6.07) is 19.8. The third-order valence-corrected chi connectivity index (χ3v) is 2.79. The second-order valence-corrected chi connectivity index (χ2v) is 4.27. The Morgan fingerprint density at radius 3 is 1.67 bits per heavy atom. The molecule has 2 nitrogen and oxygen atoms in total. The minimum atomic E-state index is -2.19. The lowest BCUT2D eigenvalue weighted by atomic mass is 10.1. The first-order chi connectivity index (χ1) is 9.53. The van der Waals surface area contributed by atoms with E-state index in [0.29, 0.717) is 13.1 Å². The maximum absolute atomic E-state index is 9.44. The van der Waals surface area contributed by atoms with Crippen molar-refractivity contribution in [3.8, 4) is 0 Å². The monoisotopic (exact) mass is 243 g/mol. The highest BCUT2D eigenvalue weighted by molar-refractivity contribution is 5.17. The van der Waals surface area contributed by atoms with Crippen LogP contribution in [-0.4, -0.2) is 23.1 Å². The second-order valence-electron chi connectivity index (χ2n) is 4.27. The van der Waals surface area contributed by atoms with Crippen LogP contribution in [0.4, 0.5) is 0 Å². The first kappa shape index (κ1) is 10.3. The van der Waals surface area contributed by atoms with Crippen molar-refractivity contribution in [2.24, 2.45) is 0 Å². The molecule has 18 heavy (non-hydrogen) atoms. The van der Waals surface area contributed by atoms with Crippen molar-refractivity contribution in [2.45, 2.75) is 13.1 Å².